The van der Waals surface area contributed by atoms with Gasteiger partial charge in [0.1, 0.15) is 17.3 Å². The summed E-state index contributed by atoms with van der Waals surface area (Å²) < 4.78 is 13.2. The van der Waals surface area contributed by atoms with Crippen LogP contribution in [0.15, 0.2) is 30.3 Å². The minimum atomic E-state index is -0.502. The van der Waals surface area contributed by atoms with E-state index in [-0.39, 0.29) is 40.2 Å². The van der Waals surface area contributed by atoms with E-state index in [4.69, 9.17) is 11.6 Å². The van der Waals surface area contributed by atoms with Crippen molar-refractivity contribution >= 4 is 17.4 Å². The van der Waals surface area contributed by atoms with Gasteiger partial charge in [0.05, 0.1) is 10.6 Å². The summed E-state index contributed by atoms with van der Waals surface area (Å²) in [6, 6.07) is 7.03. The molecule has 0 radical (unpaired) electrons. The molecule has 0 saturated carbocycles. The molecule has 3 nitrogen and oxygen atoms in total. The highest BCUT2D eigenvalue weighted by Crippen LogP contribution is 2.39. The van der Waals surface area contributed by atoms with Crippen LogP contribution in [0.4, 0.5) is 4.39 Å². The average Bonchev–Trinajstić information content (AvgIpc) is 2.40. The Balaban J connectivity index is 2.01. The lowest BCUT2D eigenvalue weighted by Crippen LogP contribution is -2.19. The van der Waals surface area contributed by atoms with Gasteiger partial charge in [0.25, 0.3) is 0 Å². The molecule has 0 fully saturated rings. The van der Waals surface area contributed by atoms with Gasteiger partial charge in [-0.2, -0.15) is 0 Å². The number of fused-ring (bicyclic) bond motifs is 1. The summed E-state index contributed by atoms with van der Waals surface area (Å²) in [6.07, 6.45) is 0.693. The van der Waals surface area contributed by atoms with Gasteiger partial charge < -0.3 is 10.2 Å². The molecular weight excluding hydrogens is 295 g/mol. The van der Waals surface area contributed by atoms with Gasteiger partial charge in [0.15, 0.2) is 5.78 Å². The number of rotatable bonds is 1. The SMILES string of the molecule is O=C1C[C@@H](c2ccc(F)c(Cl)c2)Cc2cc(O)cc(O)c21. The summed E-state index contributed by atoms with van der Waals surface area (Å²) >= 11 is 5.78. The first-order chi connectivity index (χ1) is 9.95. The number of carbonyl (C=O) groups excluding carboxylic acids is 1. The number of ketones is 1. The van der Waals surface area contributed by atoms with Crippen LogP contribution in [0.25, 0.3) is 0 Å². The maximum atomic E-state index is 13.2. The van der Waals surface area contributed by atoms with Crippen LogP contribution in [0.3, 0.4) is 0 Å². The molecule has 0 unspecified atom stereocenters. The van der Waals surface area contributed by atoms with Crippen LogP contribution in [0.1, 0.15) is 33.8 Å². The molecule has 2 aromatic carbocycles. The van der Waals surface area contributed by atoms with Crippen molar-refractivity contribution in [1.29, 1.82) is 0 Å². The highest BCUT2D eigenvalue weighted by molar-refractivity contribution is 6.30. The quantitative estimate of drug-likeness (QED) is 0.842. The van der Waals surface area contributed by atoms with Gasteiger partial charge in [-0.15, -0.1) is 0 Å². The zero-order valence-corrected chi connectivity index (χ0v) is 11.7. The van der Waals surface area contributed by atoms with Crippen molar-refractivity contribution in [2.24, 2.45) is 0 Å². The summed E-state index contributed by atoms with van der Waals surface area (Å²) in [4.78, 5) is 12.2. The number of benzene rings is 2. The van der Waals surface area contributed by atoms with Crippen molar-refractivity contribution in [2.45, 2.75) is 18.8 Å². The molecule has 0 bridgehead atoms. The van der Waals surface area contributed by atoms with Crippen molar-refractivity contribution in [1.82, 2.24) is 0 Å². The molecule has 1 atom stereocenters. The van der Waals surface area contributed by atoms with Gasteiger partial charge in [-0.05, 0) is 41.7 Å². The number of halogens is 2. The Morgan fingerprint density at radius 1 is 1.14 bits per heavy atom. The summed E-state index contributed by atoms with van der Waals surface area (Å²) in [7, 11) is 0. The van der Waals surface area contributed by atoms with E-state index in [0.29, 0.717) is 12.0 Å². The number of carbonyl (C=O) groups is 1. The summed E-state index contributed by atoms with van der Waals surface area (Å²) in [5, 5.41) is 19.4. The number of Topliss-reactive ketones (excluding diaryl/α,β-unsaturated/α-hetero) is 1. The van der Waals surface area contributed by atoms with E-state index < -0.39 is 5.82 Å². The fraction of sp³-hybridized carbons (Fsp3) is 0.188. The lowest BCUT2D eigenvalue weighted by Gasteiger charge is -2.25. The molecule has 2 aromatic rings. The molecule has 2 N–H and O–H groups in total. The number of phenolic OH excluding ortho intramolecular Hbond substituents is 2. The van der Waals surface area contributed by atoms with Crippen LogP contribution in [-0.4, -0.2) is 16.0 Å². The van der Waals surface area contributed by atoms with Crippen LogP contribution < -0.4 is 0 Å². The summed E-state index contributed by atoms with van der Waals surface area (Å²) in [5.41, 5.74) is 1.62. The first-order valence-electron chi connectivity index (χ1n) is 6.48. The van der Waals surface area contributed by atoms with Crippen LogP contribution in [0.5, 0.6) is 11.5 Å². The predicted molar refractivity (Wildman–Crippen MR) is 76.6 cm³/mol. The summed E-state index contributed by atoms with van der Waals surface area (Å²) in [6.45, 7) is 0. The van der Waals surface area contributed by atoms with Crippen molar-refractivity contribution in [3.05, 3.63) is 57.9 Å². The standard InChI is InChI=1S/C16H12ClFO3/c17-12-5-8(1-2-13(12)18)9-3-10-4-11(19)7-15(21)16(10)14(20)6-9/h1-2,4-5,7,9,19,21H,3,6H2/t9-/m0/s1. The van der Waals surface area contributed by atoms with E-state index in [1.807, 2.05) is 0 Å². The Hall–Kier alpha value is -2.07. The average molecular weight is 307 g/mol. The van der Waals surface area contributed by atoms with Crippen LogP contribution in [0.2, 0.25) is 5.02 Å². The topological polar surface area (TPSA) is 57.5 Å². The van der Waals surface area contributed by atoms with E-state index in [9.17, 15) is 19.4 Å². The molecule has 0 heterocycles. The van der Waals surface area contributed by atoms with E-state index in [0.717, 1.165) is 11.6 Å². The van der Waals surface area contributed by atoms with E-state index in [1.54, 1.807) is 6.07 Å². The van der Waals surface area contributed by atoms with Gasteiger partial charge in [-0.25, -0.2) is 4.39 Å². The Bertz CT molecular complexity index is 743. The highest BCUT2D eigenvalue weighted by Gasteiger charge is 2.29. The van der Waals surface area contributed by atoms with Gasteiger partial charge in [-0.1, -0.05) is 17.7 Å². The molecular formula is C16H12ClFO3. The molecule has 0 spiro atoms. The Morgan fingerprint density at radius 2 is 1.90 bits per heavy atom. The smallest absolute Gasteiger partial charge is 0.167 e. The minimum Gasteiger partial charge on any atom is -0.508 e. The minimum absolute atomic E-state index is 0.0181. The van der Waals surface area contributed by atoms with Crippen LogP contribution >= 0.6 is 11.6 Å². The molecule has 108 valence electrons. The molecule has 1 aliphatic rings. The molecule has 0 amide bonds. The number of aromatic hydroxyl groups is 2. The van der Waals surface area contributed by atoms with Crippen molar-refractivity contribution < 1.29 is 19.4 Å². The zero-order valence-electron chi connectivity index (χ0n) is 10.9. The van der Waals surface area contributed by atoms with Crippen molar-refractivity contribution in [3.63, 3.8) is 0 Å². The Labute approximate surface area is 125 Å². The van der Waals surface area contributed by atoms with Crippen molar-refractivity contribution in [3.8, 4) is 11.5 Å². The third-order valence-corrected chi connectivity index (χ3v) is 4.07. The summed E-state index contributed by atoms with van der Waals surface area (Å²) in [5.74, 6) is -1.14. The largest absolute Gasteiger partial charge is 0.508 e. The maximum Gasteiger partial charge on any atom is 0.167 e. The second-order valence-electron chi connectivity index (χ2n) is 5.20. The number of hydrogen-bond donors (Lipinski definition) is 2. The third-order valence-electron chi connectivity index (χ3n) is 3.78. The van der Waals surface area contributed by atoms with E-state index in [2.05, 4.69) is 0 Å². The highest BCUT2D eigenvalue weighted by atomic mass is 35.5. The monoisotopic (exact) mass is 306 g/mol. The second kappa shape index (κ2) is 5.04. The van der Waals surface area contributed by atoms with Gasteiger partial charge in [0, 0.05) is 12.5 Å². The van der Waals surface area contributed by atoms with Gasteiger partial charge in [0.2, 0.25) is 0 Å². The molecule has 3 rings (SSSR count). The molecule has 0 aromatic heterocycles. The molecule has 5 heteroatoms. The van der Waals surface area contributed by atoms with E-state index in [1.165, 1.54) is 18.2 Å². The Kier molecular flexibility index (Phi) is 3.33. The molecule has 21 heavy (non-hydrogen) atoms. The number of hydrogen-bond acceptors (Lipinski definition) is 3. The van der Waals surface area contributed by atoms with Crippen molar-refractivity contribution in [2.75, 3.05) is 0 Å². The lowest BCUT2D eigenvalue weighted by atomic mass is 9.79. The predicted octanol–water partition coefficient (Wildman–Crippen LogP) is 3.80. The van der Waals surface area contributed by atoms with E-state index >= 15 is 0 Å². The number of phenols is 2. The fourth-order valence-electron chi connectivity index (χ4n) is 2.82. The first kappa shape index (κ1) is 13.9. The third kappa shape index (κ3) is 2.47. The molecule has 0 aliphatic heterocycles. The Morgan fingerprint density at radius 3 is 2.62 bits per heavy atom. The lowest BCUT2D eigenvalue weighted by molar-refractivity contribution is 0.0961. The molecule has 1 aliphatic carbocycles. The van der Waals surface area contributed by atoms with Gasteiger partial charge in [-0.3, -0.25) is 4.79 Å². The first-order valence-corrected chi connectivity index (χ1v) is 6.86. The molecule has 0 saturated heterocycles. The normalized spacial score (nSPS) is 17.6. The van der Waals surface area contributed by atoms with Gasteiger partial charge >= 0.3 is 0 Å². The second-order valence-corrected chi connectivity index (χ2v) is 5.61. The van der Waals surface area contributed by atoms with Crippen LogP contribution in [-0.2, 0) is 6.42 Å². The van der Waals surface area contributed by atoms with Crippen LogP contribution in [0, 0.1) is 5.82 Å². The fourth-order valence-corrected chi connectivity index (χ4v) is 3.01. The zero-order chi connectivity index (χ0) is 15.1. The maximum absolute atomic E-state index is 13.2.